The van der Waals surface area contributed by atoms with Crippen molar-refractivity contribution in [2.24, 2.45) is 0 Å². The van der Waals surface area contributed by atoms with Gasteiger partial charge in [-0.05, 0) is 20.9 Å². The molecule has 3 aromatic rings. The molecule has 0 unspecified atom stereocenters. The molecular formula is C17H21N7. The number of hydrogen-bond acceptors (Lipinski definition) is 6. The highest BCUT2D eigenvalue weighted by Crippen LogP contribution is 2.20. The fourth-order valence-corrected chi connectivity index (χ4v) is 3.09. The average molecular weight is 323 g/mol. The van der Waals surface area contributed by atoms with E-state index in [0.29, 0.717) is 6.54 Å². The number of hydrogen-bond donors (Lipinski definition) is 1. The second kappa shape index (κ2) is 5.83. The first-order valence-corrected chi connectivity index (χ1v) is 8.19. The Morgan fingerprint density at radius 2 is 2.12 bits per heavy atom. The minimum atomic E-state index is 0.572. The summed E-state index contributed by atoms with van der Waals surface area (Å²) in [7, 11) is 2.13. The molecule has 0 radical (unpaired) electrons. The van der Waals surface area contributed by atoms with E-state index in [1.807, 2.05) is 23.7 Å². The molecule has 0 aromatic carbocycles. The number of likely N-dealkylation sites (N-methyl/N-ethyl adjacent to an activating group) is 1. The highest BCUT2D eigenvalue weighted by Gasteiger charge is 2.16. The summed E-state index contributed by atoms with van der Waals surface area (Å²) >= 11 is 0. The lowest BCUT2D eigenvalue weighted by atomic mass is 10.1. The molecule has 0 saturated heterocycles. The molecule has 4 rings (SSSR count). The topological polar surface area (TPSA) is 71.2 Å². The van der Waals surface area contributed by atoms with E-state index in [-0.39, 0.29) is 0 Å². The molecular weight excluding hydrogens is 302 g/mol. The number of fused-ring (bicyclic) bond motifs is 2. The Labute approximate surface area is 140 Å². The molecule has 0 aliphatic carbocycles. The summed E-state index contributed by atoms with van der Waals surface area (Å²) in [4.78, 5) is 16.1. The Balaban J connectivity index is 1.60. The third kappa shape index (κ3) is 2.60. The van der Waals surface area contributed by atoms with Crippen molar-refractivity contribution in [1.29, 1.82) is 0 Å². The van der Waals surface area contributed by atoms with Gasteiger partial charge in [0.2, 0.25) is 0 Å². The smallest absolute Gasteiger partial charge is 0.157 e. The summed E-state index contributed by atoms with van der Waals surface area (Å²) in [6.45, 7) is 6.62. The maximum absolute atomic E-state index is 4.74. The van der Waals surface area contributed by atoms with Crippen LogP contribution < -0.4 is 5.32 Å². The molecule has 1 aliphatic rings. The summed E-state index contributed by atoms with van der Waals surface area (Å²) in [5.74, 6) is 1.76. The fraction of sp³-hybridized carbons (Fsp3) is 0.412. The van der Waals surface area contributed by atoms with E-state index in [9.17, 15) is 0 Å². The van der Waals surface area contributed by atoms with Crippen LogP contribution in [0.15, 0.2) is 18.5 Å². The predicted molar refractivity (Wildman–Crippen MR) is 91.9 cm³/mol. The third-order valence-electron chi connectivity index (χ3n) is 4.60. The SMILES string of the molecule is Cc1nc2ccnn2c(NCc2ncc3c(n2)CCN(C)C3)c1C. The first-order valence-electron chi connectivity index (χ1n) is 8.19. The van der Waals surface area contributed by atoms with Gasteiger partial charge in [0.25, 0.3) is 0 Å². The zero-order chi connectivity index (χ0) is 16.7. The zero-order valence-corrected chi connectivity index (χ0v) is 14.2. The minimum Gasteiger partial charge on any atom is -0.362 e. The van der Waals surface area contributed by atoms with Crippen LogP contribution in [0.3, 0.4) is 0 Å². The highest BCUT2D eigenvalue weighted by atomic mass is 15.3. The van der Waals surface area contributed by atoms with Crippen LogP contribution in [0, 0.1) is 13.8 Å². The van der Waals surface area contributed by atoms with Gasteiger partial charge >= 0.3 is 0 Å². The number of nitrogens with zero attached hydrogens (tertiary/aromatic N) is 6. The van der Waals surface area contributed by atoms with Crippen molar-refractivity contribution in [3.8, 4) is 0 Å². The van der Waals surface area contributed by atoms with Gasteiger partial charge in [-0.3, -0.25) is 0 Å². The first kappa shape index (κ1) is 15.0. The molecule has 3 aromatic heterocycles. The summed E-state index contributed by atoms with van der Waals surface area (Å²) in [5.41, 5.74) is 5.34. The van der Waals surface area contributed by atoms with E-state index in [1.165, 1.54) is 11.3 Å². The molecule has 0 bridgehead atoms. The zero-order valence-electron chi connectivity index (χ0n) is 14.2. The van der Waals surface area contributed by atoms with Gasteiger partial charge < -0.3 is 10.2 Å². The van der Waals surface area contributed by atoms with Crippen LogP contribution in [0.5, 0.6) is 0 Å². The number of anilines is 1. The molecule has 1 N–H and O–H groups in total. The Hall–Kier alpha value is -2.54. The van der Waals surface area contributed by atoms with E-state index in [1.54, 1.807) is 6.20 Å². The van der Waals surface area contributed by atoms with Crippen molar-refractivity contribution in [3.63, 3.8) is 0 Å². The molecule has 0 spiro atoms. The standard InChI is InChI=1S/C17H21N7/c1-11-12(2)21-16-4-6-20-24(16)17(11)19-9-15-18-8-13-10-23(3)7-5-14(13)22-15/h4,6,8,19H,5,7,9-10H2,1-3H3. The van der Waals surface area contributed by atoms with E-state index in [2.05, 4.69) is 39.3 Å². The monoisotopic (exact) mass is 323 g/mol. The normalized spacial score (nSPS) is 14.8. The number of nitrogens with one attached hydrogen (secondary N) is 1. The van der Waals surface area contributed by atoms with Crippen LogP contribution >= 0.6 is 0 Å². The molecule has 7 heteroatoms. The van der Waals surface area contributed by atoms with Crippen LogP contribution in [0.1, 0.15) is 28.3 Å². The first-order chi connectivity index (χ1) is 11.6. The molecule has 124 valence electrons. The van der Waals surface area contributed by atoms with Gasteiger partial charge in [0.1, 0.15) is 11.6 Å². The maximum Gasteiger partial charge on any atom is 0.157 e. The lowest BCUT2D eigenvalue weighted by Gasteiger charge is -2.24. The van der Waals surface area contributed by atoms with Crippen molar-refractivity contribution in [2.75, 3.05) is 18.9 Å². The average Bonchev–Trinajstić information content (AvgIpc) is 3.03. The molecule has 7 nitrogen and oxygen atoms in total. The number of rotatable bonds is 3. The van der Waals surface area contributed by atoms with Crippen molar-refractivity contribution >= 4 is 11.5 Å². The van der Waals surface area contributed by atoms with Gasteiger partial charge in [-0.25, -0.2) is 15.0 Å². The van der Waals surface area contributed by atoms with Crippen LogP contribution in [0.4, 0.5) is 5.82 Å². The molecule has 0 fully saturated rings. The van der Waals surface area contributed by atoms with Gasteiger partial charge in [-0.15, -0.1) is 0 Å². The largest absolute Gasteiger partial charge is 0.362 e. The van der Waals surface area contributed by atoms with Crippen LogP contribution in [0.2, 0.25) is 0 Å². The number of aryl methyl sites for hydroxylation is 1. The molecule has 0 atom stereocenters. The van der Waals surface area contributed by atoms with E-state index in [4.69, 9.17) is 4.98 Å². The van der Waals surface area contributed by atoms with Crippen molar-refractivity contribution in [2.45, 2.75) is 33.4 Å². The molecule has 24 heavy (non-hydrogen) atoms. The Morgan fingerprint density at radius 3 is 3.00 bits per heavy atom. The van der Waals surface area contributed by atoms with Crippen molar-refractivity contribution in [1.82, 2.24) is 29.5 Å². The van der Waals surface area contributed by atoms with Crippen molar-refractivity contribution in [3.05, 3.63) is 46.8 Å². The Bertz CT molecular complexity index is 899. The van der Waals surface area contributed by atoms with Crippen LogP contribution in [0.25, 0.3) is 5.65 Å². The predicted octanol–water partition coefficient (Wildman–Crippen LogP) is 1.74. The molecule has 0 saturated carbocycles. The molecule has 4 heterocycles. The van der Waals surface area contributed by atoms with E-state index < -0.39 is 0 Å². The van der Waals surface area contributed by atoms with Gasteiger partial charge in [0, 0.05) is 54.3 Å². The second-order valence-corrected chi connectivity index (χ2v) is 6.37. The highest BCUT2D eigenvalue weighted by molar-refractivity contribution is 5.54. The molecule has 1 aliphatic heterocycles. The lowest BCUT2D eigenvalue weighted by Crippen LogP contribution is -2.28. The minimum absolute atomic E-state index is 0.572. The van der Waals surface area contributed by atoms with Gasteiger partial charge in [-0.2, -0.15) is 9.61 Å². The summed E-state index contributed by atoms with van der Waals surface area (Å²) in [6.07, 6.45) is 4.71. The van der Waals surface area contributed by atoms with Crippen molar-refractivity contribution < 1.29 is 0 Å². The van der Waals surface area contributed by atoms with Gasteiger partial charge in [0.05, 0.1) is 12.7 Å². The second-order valence-electron chi connectivity index (χ2n) is 6.37. The quantitative estimate of drug-likeness (QED) is 0.791. The summed E-state index contributed by atoms with van der Waals surface area (Å²) in [5, 5.41) is 7.80. The lowest BCUT2D eigenvalue weighted by molar-refractivity contribution is 0.308. The summed E-state index contributed by atoms with van der Waals surface area (Å²) < 4.78 is 1.83. The van der Waals surface area contributed by atoms with E-state index >= 15 is 0 Å². The van der Waals surface area contributed by atoms with Gasteiger partial charge in [0.15, 0.2) is 5.65 Å². The van der Waals surface area contributed by atoms with Crippen LogP contribution in [-0.2, 0) is 19.5 Å². The maximum atomic E-state index is 4.74. The Morgan fingerprint density at radius 1 is 1.25 bits per heavy atom. The Kier molecular flexibility index (Phi) is 3.65. The summed E-state index contributed by atoms with van der Waals surface area (Å²) in [6, 6.07) is 1.91. The van der Waals surface area contributed by atoms with Gasteiger partial charge in [-0.1, -0.05) is 0 Å². The van der Waals surface area contributed by atoms with Crippen LogP contribution in [-0.4, -0.2) is 43.1 Å². The number of aromatic nitrogens is 5. The fourth-order valence-electron chi connectivity index (χ4n) is 3.09. The molecule has 0 amide bonds. The van der Waals surface area contributed by atoms with E-state index in [0.717, 1.165) is 48.1 Å². The third-order valence-corrected chi connectivity index (χ3v) is 4.60.